The van der Waals surface area contributed by atoms with Crippen molar-refractivity contribution in [3.8, 4) is 0 Å². The Morgan fingerprint density at radius 2 is 2.35 bits per heavy atom. The van der Waals surface area contributed by atoms with E-state index in [9.17, 15) is 0 Å². The Labute approximate surface area is 102 Å². The molecular formula is C14H19N3. The Kier molecular flexibility index (Phi) is 2.85. The number of nitrogens with one attached hydrogen (secondary N) is 1. The number of pyridine rings is 1. The maximum atomic E-state index is 4.42. The number of nitrogens with zero attached hydrogens (tertiary/aromatic N) is 2. The lowest BCUT2D eigenvalue weighted by Crippen LogP contribution is -2.23. The first-order chi connectivity index (χ1) is 8.38. The normalized spacial score (nSPS) is 18.2. The molecule has 1 atom stereocenters. The van der Waals surface area contributed by atoms with E-state index in [2.05, 4.69) is 29.6 Å². The first-order valence-corrected chi connectivity index (χ1v) is 6.48. The van der Waals surface area contributed by atoms with Crippen LogP contribution in [-0.2, 0) is 0 Å². The van der Waals surface area contributed by atoms with Gasteiger partial charge in [-0.2, -0.15) is 5.10 Å². The summed E-state index contributed by atoms with van der Waals surface area (Å²) in [6.07, 6.45) is 9.47. The highest BCUT2D eigenvalue weighted by molar-refractivity contribution is 5.54. The van der Waals surface area contributed by atoms with E-state index in [0.717, 1.165) is 5.92 Å². The molecular weight excluding hydrogens is 210 g/mol. The molecule has 3 heteroatoms. The van der Waals surface area contributed by atoms with E-state index in [1.165, 1.54) is 36.8 Å². The van der Waals surface area contributed by atoms with E-state index >= 15 is 0 Å². The highest BCUT2D eigenvalue weighted by Crippen LogP contribution is 2.35. The van der Waals surface area contributed by atoms with E-state index < -0.39 is 0 Å². The van der Waals surface area contributed by atoms with Crippen LogP contribution in [0, 0.1) is 5.92 Å². The smallest absolute Gasteiger partial charge is 0.0709 e. The molecule has 0 radical (unpaired) electrons. The SMILES string of the molecule is CNC(CC1CCC1)c1cnn2ccccc12. The zero-order valence-corrected chi connectivity index (χ0v) is 10.3. The molecule has 2 aromatic rings. The maximum Gasteiger partial charge on any atom is 0.0709 e. The minimum atomic E-state index is 0.445. The minimum absolute atomic E-state index is 0.445. The summed E-state index contributed by atoms with van der Waals surface area (Å²) in [4.78, 5) is 0. The molecule has 1 aliphatic rings. The predicted molar refractivity (Wildman–Crippen MR) is 69.0 cm³/mol. The van der Waals surface area contributed by atoms with Crippen LogP contribution in [0.2, 0.25) is 0 Å². The monoisotopic (exact) mass is 229 g/mol. The van der Waals surface area contributed by atoms with Gasteiger partial charge in [-0.15, -0.1) is 0 Å². The number of hydrogen-bond donors (Lipinski definition) is 1. The molecule has 0 aromatic carbocycles. The lowest BCUT2D eigenvalue weighted by atomic mass is 9.80. The fourth-order valence-corrected chi connectivity index (χ4v) is 2.68. The highest BCUT2D eigenvalue weighted by Gasteiger charge is 2.23. The van der Waals surface area contributed by atoms with Crippen molar-refractivity contribution in [2.75, 3.05) is 7.05 Å². The highest BCUT2D eigenvalue weighted by atomic mass is 15.2. The van der Waals surface area contributed by atoms with E-state index in [0.29, 0.717) is 6.04 Å². The molecule has 1 fully saturated rings. The predicted octanol–water partition coefficient (Wildman–Crippen LogP) is 2.79. The van der Waals surface area contributed by atoms with Gasteiger partial charge in [0.2, 0.25) is 0 Å². The lowest BCUT2D eigenvalue weighted by molar-refractivity contribution is 0.266. The topological polar surface area (TPSA) is 29.3 Å². The van der Waals surface area contributed by atoms with Crippen LogP contribution in [0.4, 0.5) is 0 Å². The van der Waals surface area contributed by atoms with Crippen LogP contribution >= 0.6 is 0 Å². The van der Waals surface area contributed by atoms with Crippen LogP contribution in [0.5, 0.6) is 0 Å². The Balaban J connectivity index is 1.89. The van der Waals surface area contributed by atoms with Gasteiger partial charge in [-0.1, -0.05) is 25.3 Å². The zero-order chi connectivity index (χ0) is 11.7. The van der Waals surface area contributed by atoms with Gasteiger partial charge in [0.1, 0.15) is 0 Å². The summed E-state index contributed by atoms with van der Waals surface area (Å²) >= 11 is 0. The molecule has 0 amide bonds. The molecule has 0 spiro atoms. The molecule has 2 aromatic heterocycles. The summed E-state index contributed by atoms with van der Waals surface area (Å²) in [5, 5.41) is 7.86. The second kappa shape index (κ2) is 4.49. The number of aromatic nitrogens is 2. The van der Waals surface area contributed by atoms with Crippen molar-refractivity contribution in [1.82, 2.24) is 14.9 Å². The zero-order valence-electron chi connectivity index (χ0n) is 10.3. The summed E-state index contributed by atoms with van der Waals surface area (Å²) < 4.78 is 1.96. The van der Waals surface area contributed by atoms with Gasteiger partial charge in [0.25, 0.3) is 0 Å². The third-order valence-corrected chi connectivity index (χ3v) is 3.97. The van der Waals surface area contributed by atoms with Crippen LogP contribution < -0.4 is 5.32 Å². The maximum absolute atomic E-state index is 4.42. The van der Waals surface area contributed by atoms with Crippen molar-refractivity contribution in [3.63, 3.8) is 0 Å². The first kappa shape index (κ1) is 10.8. The van der Waals surface area contributed by atoms with E-state index in [1.54, 1.807) is 0 Å². The van der Waals surface area contributed by atoms with Gasteiger partial charge in [0.15, 0.2) is 0 Å². The average Bonchev–Trinajstić information content (AvgIpc) is 2.72. The molecule has 17 heavy (non-hydrogen) atoms. The molecule has 0 saturated heterocycles. The average molecular weight is 229 g/mol. The van der Waals surface area contributed by atoms with Crippen LogP contribution in [0.1, 0.15) is 37.3 Å². The summed E-state index contributed by atoms with van der Waals surface area (Å²) in [5.74, 6) is 0.908. The minimum Gasteiger partial charge on any atom is -0.313 e. The van der Waals surface area contributed by atoms with E-state index in [1.807, 2.05) is 23.0 Å². The fourth-order valence-electron chi connectivity index (χ4n) is 2.68. The number of fused-ring (bicyclic) bond motifs is 1. The molecule has 2 heterocycles. The second-order valence-corrected chi connectivity index (χ2v) is 5.00. The van der Waals surface area contributed by atoms with Gasteiger partial charge < -0.3 is 5.32 Å². The van der Waals surface area contributed by atoms with Crippen molar-refractivity contribution in [2.45, 2.75) is 31.7 Å². The van der Waals surface area contributed by atoms with Crippen LogP contribution in [0.25, 0.3) is 5.52 Å². The molecule has 1 aliphatic carbocycles. The third kappa shape index (κ3) is 1.95. The van der Waals surface area contributed by atoms with Gasteiger partial charge in [0, 0.05) is 17.8 Å². The second-order valence-electron chi connectivity index (χ2n) is 5.00. The Hall–Kier alpha value is -1.35. The van der Waals surface area contributed by atoms with Gasteiger partial charge in [0.05, 0.1) is 11.7 Å². The Morgan fingerprint density at radius 3 is 3.06 bits per heavy atom. The summed E-state index contributed by atoms with van der Waals surface area (Å²) in [7, 11) is 2.05. The molecule has 0 bridgehead atoms. The molecule has 1 unspecified atom stereocenters. The first-order valence-electron chi connectivity index (χ1n) is 6.48. The third-order valence-electron chi connectivity index (χ3n) is 3.97. The lowest BCUT2D eigenvalue weighted by Gasteiger charge is -2.29. The van der Waals surface area contributed by atoms with Gasteiger partial charge in [-0.25, -0.2) is 4.52 Å². The molecule has 1 N–H and O–H groups in total. The number of hydrogen-bond acceptors (Lipinski definition) is 2. The van der Waals surface area contributed by atoms with Crippen molar-refractivity contribution >= 4 is 5.52 Å². The largest absolute Gasteiger partial charge is 0.313 e. The van der Waals surface area contributed by atoms with Crippen LogP contribution in [0.3, 0.4) is 0 Å². The summed E-state index contributed by atoms with van der Waals surface area (Å²) in [6.45, 7) is 0. The summed E-state index contributed by atoms with van der Waals surface area (Å²) in [5.41, 5.74) is 2.56. The Bertz CT molecular complexity index is 499. The van der Waals surface area contributed by atoms with Gasteiger partial charge in [-0.3, -0.25) is 0 Å². The molecule has 1 saturated carbocycles. The van der Waals surface area contributed by atoms with Gasteiger partial charge in [-0.05, 0) is 31.5 Å². The van der Waals surface area contributed by atoms with E-state index in [-0.39, 0.29) is 0 Å². The van der Waals surface area contributed by atoms with Crippen molar-refractivity contribution in [3.05, 3.63) is 36.2 Å². The molecule has 90 valence electrons. The summed E-state index contributed by atoms with van der Waals surface area (Å²) in [6, 6.07) is 6.69. The van der Waals surface area contributed by atoms with Crippen LogP contribution in [0.15, 0.2) is 30.6 Å². The van der Waals surface area contributed by atoms with Crippen molar-refractivity contribution < 1.29 is 0 Å². The standard InChI is InChI=1S/C14H19N3/c1-15-13(9-11-5-4-6-11)12-10-16-17-8-3-2-7-14(12)17/h2-3,7-8,10-11,13,15H,4-6,9H2,1H3. The van der Waals surface area contributed by atoms with E-state index in [4.69, 9.17) is 0 Å². The van der Waals surface area contributed by atoms with Crippen LogP contribution in [-0.4, -0.2) is 16.7 Å². The molecule has 3 rings (SSSR count). The Morgan fingerprint density at radius 1 is 1.47 bits per heavy atom. The molecule has 3 nitrogen and oxygen atoms in total. The fraction of sp³-hybridized carbons (Fsp3) is 0.500. The van der Waals surface area contributed by atoms with Gasteiger partial charge >= 0.3 is 0 Å². The van der Waals surface area contributed by atoms with Crippen molar-refractivity contribution in [2.24, 2.45) is 5.92 Å². The number of rotatable bonds is 4. The molecule has 0 aliphatic heterocycles. The van der Waals surface area contributed by atoms with Crippen molar-refractivity contribution in [1.29, 1.82) is 0 Å². The quantitative estimate of drug-likeness (QED) is 0.873.